The Morgan fingerprint density at radius 1 is 1.40 bits per heavy atom. The molecule has 88 valence electrons. The molecule has 1 saturated heterocycles. The zero-order chi connectivity index (χ0) is 11.1. The van der Waals surface area contributed by atoms with Crippen LogP contribution in [0.3, 0.4) is 0 Å². The molecular weight excluding hydrogens is 186 g/mol. The number of aliphatic hydroxyl groups is 1. The minimum absolute atomic E-state index is 0.288. The third-order valence-electron chi connectivity index (χ3n) is 5.38. The van der Waals surface area contributed by atoms with Crippen LogP contribution in [-0.2, 0) is 0 Å². The van der Waals surface area contributed by atoms with Crippen LogP contribution in [0, 0.1) is 16.7 Å². The van der Waals surface area contributed by atoms with Crippen molar-refractivity contribution in [2.45, 2.75) is 52.5 Å². The molecule has 2 rings (SSSR count). The lowest BCUT2D eigenvalue weighted by molar-refractivity contribution is -0.00399. The second-order valence-electron chi connectivity index (χ2n) is 6.37. The minimum Gasteiger partial charge on any atom is -0.395 e. The normalized spacial score (nSPS) is 38.0. The van der Waals surface area contributed by atoms with Crippen molar-refractivity contribution in [3.63, 3.8) is 0 Å². The van der Waals surface area contributed by atoms with Gasteiger partial charge in [-0.3, -0.25) is 0 Å². The monoisotopic (exact) mass is 211 g/mol. The molecule has 0 spiro atoms. The second kappa shape index (κ2) is 3.74. The van der Waals surface area contributed by atoms with E-state index in [9.17, 15) is 5.11 Å². The van der Waals surface area contributed by atoms with Crippen LogP contribution in [0.25, 0.3) is 0 Å². The largest absolute Gasteiger partial charge is 0.395 e. The van der Waals surface area contributed by atoms with E-state index in [1.54, 1.807) is 0 Å². The summed E-state index contributed by atoms with van der Waals surface area (Å²) in [5, 5.41) is 12.7. The quantitative estimate of drug-likeness (QED) is 0.750. The summed E-state index contributed by atoms with van der Waals surface area (Å²) in [6.07, 6.45) is 5.37. The molecule has 2 N–H and O–H groups in total. The number of hydrogen-bond donors (Lipinski definition) is 2. The van der Waals surface area contributed by atoms with Gasteiger partial charge in [0.1, 0.15) is 0 Å². The van der Waals surface area contributed by atoms with Crippen molar-refractivity contribution in [2.75, 3.05) is 13.2 Å². The predicted molar refractivity (Wildman–Crippen MR) is 62.7 cm³/mol. The summed E-state index contributed by atoms with van der Waals surface area (Å²) in [5.74, 6) is 0.904. The molecule has 1 unspecified atom stereocenters. The van der Waals surface area contributed by atoms with Crippen LogP contribution >= 0.6 is 0 Å². The maximum absolute atomic E-state index is 9.21. The standard InChI is InChI=1S/C13H25NO/c1-12(2,10-5-4-6-10)13(3)7-11(8-15)14-9-13/h10-11,14-15H,4-9H2,1-3H3/t11?,13-/m0/s1. The molecule has 2 atom stereocenters. The Bertz CT molecular complexity index is 235. The molecule has 1 saturated carbocycles. The average molecular weight is 211 g/mol. The van der Waals surface area contributed by atoms with Gasteiger partial charge in [-0.2, -0.15) is 0 Å². The van der Waals surface area contributed by atoms with Gasteiger partial charge in [-0.05, 0) is 36.0 Å². The van der Waals surface area contributed by atoms with Crippen LogP contribution in [0.15, 0.2) is 0 Å². The fourth-order valence-corrected chi connectivity index (χ4v) is 3.30. The number of rotatable bonds is 3. The SMILES string of the molecule is CC(C)(C1CCC1)[C@]1(C)CNC(CO)C1. The third-order valence-corrected chi connectivity index (χ3v) is 5.38. The molecule has 2 heteroatoms. The lowest BCUT2D eigenvalue weighted by Crippen LogP contribution is -2.45. The first-order valence-electron chi connectivity index (χ1n) is 6.34. The van der Waals surface area contributed by atoms with Gasteiger partial charge in [-0.25, -0.2) is 0 Å². The van der Waals surface area contributed by atoms with Crippen LogP contribution < -0.4 is 5.32 Å². The molecular formula is C13H25NO. The summed E-state index contributed by atoms with van der Waals surface area (Å²) in [7, 11) is 0. The van der Waals surface area contributed by atoms with Crippen molar-refractivity contribution in [1.29, 1.82) is 0 Å². The molecule has 1 aliphatic carbocycles. The molecule has 0 radical (unpaired) electrons. The van der Waals surface area contributed by atoms with Gasteiger partial charge in [0.05, 0.1) is 6.61 Å². The van der Waals surface area contributed by atoms with Crippen LogP contribution in [0.5, 0.6) is 0 Å². The Balaban J connectivity index is 2.07. The summed E-state index contributed by atoms with van der Waals surface area (Å²) in [4.78, 5) is 0. The fraction of sp³-hybridized carbons (Fsp3) is 1.00. The third kappa shape index (κ3) is 1.72. The zero-order valence-corrected chi connectivity index (χ0v) is 10.3. The van der Waals surface area contributed by atoms with Gasteiger partial charge in [-0.15, -0.1) is 0 Å². The second-order valence-corrected chi connectivity index (χ2v) is 6.37. The van der Waals surface area contributed by atoms with E-state index >= 15 is 0 Å². The molecule has 0 aromatic rings. The van der Waals surface area contributed by atoms with E-state index in [1.165, 1.54) is 19.3 Å². The topological polar surface area (TPSA) is 32.3 Å². The first kappa shape index (κ1) is 11.4. The molecule has 1 heterocycles. The summed E-state index contributed by atoms with van der Waals surface area (Å²) in [5.41, 5.74) is 0.785. The summed E-state index contributed by atoms with van der Waals surface area (Å²) >= 11 is 0. The van der Waals surface area contributed by atoms with Crippen LogP contribution in [0.2, 0.25) is 0 Å². The van der Waals surface area contributed by atoms with E-state index in [4.69, 9.17) is 0 Å². The highest BCUT2D eigenvalue weighted by atomic mass is 16.3. The highest BCUT2D eigenvalue weighted by molar-refractivity contribution is 5.03. The van der Waals surface area contributed by atoms with Crippen molar-refractivity contribution >= 4 is 0 Å². The van der Waals surface area contributed by atoms with E-state index in [1.807, 2.05) is 0 Å². The molecule has 15 heavy (non-hydrogen) atoms. The van der Waals surface area contributed by atoms with Gasteiger partial charge in [0.25, 0.3) is 0 Å². The van der Waals surface area contributed by atoms with Gasteiger partial charge in [-0.1, -0.05) is 27.2 Å². The Hall–Kier alpha value is -0.0800. The Morgan fingerprint density at radius 2 is 2.07 bits per heavy atom. The van der Waals surface area contributed by atoms with Crippen LogP contribution in [-0.4, -0.2) is 24.3 Å². The minimum atomic E-state index is 0.288. The smallest absolute Gasteiger partial charge is 0.0584 e. The Morgan fingerprint density at radius 3 is 2.47 bits per heavy atom. The molecule has 2 aliphatic rings. The molecule has 2 nitrogen and oxygen atoms in total. The van der Waals surface area contributed by atoms with Gasteiger partial charge in [0, 0.05) is 12.6 Å². The molecule has 0 bridgehead atoms. The van der Waals surface area contributed by atoms with Crippen molar-refractivity contribution < 1.29 is 5.11 Å². The first-order chi connectivity index (χ1) is 6.99. The molecule has 0 aromatic heterocycles. The summed E-state index contributed by atoms with van der Waals surface area (Å²) in [6, 6.07) is 0.328. The highest BCUT2D eigenvalue weighted by Crippen LogP contribution is 2.55. The van der Waals surface area contributed by atoms with Crippen molar-refractivity contribution in [2.24, 2.45) is 16.7 Å². The Labute approximate surface area is 93.5 Å². The molecule has 0 aromatic carbocycles. The molecule has 2 fully saturated rings. The summed E-state index contributed by atoms with van der Waals surface area (Å²) in [6.45, 7) is 8.61. The fourth-order valence-electron chi connectivity index (χ4n) is 3.30. The Kier molecular flexibility index (Phi) is 2.85. The van der Waals surface area contributed by atoms with Gasteiger partial charge >= 0.3 is 0 Å². The number of aliphatic hydroxyl groups excluding tert-OH is 1. The summed E-state index contributed by atoms with van der Waals surface area (Å²) < 4.78 is 0. The van der Waals surface area contributed by atoms with E-state index in [0.29, 0.717) is 16.9 Å². The highest BCUT2D eigenvalue weighted by Gasteiger charge is 2.50. The number of hydrogen-bond acceptors (Lipinski definition) is 2. The van der Waals surface area contributed by atoms with E-state index in [0.717, 1.165) is 18.9 Å². The predicted octanol–water partition coefficient (Wildman–Crippen LogP) is 2.17. The zero-order valence-electron chi connectivity index (χ0n) is 10.3. The van der Waals surface area contributed by atoms with E-state index < -0.39 is 0 Å². The van der Waals surface area contributed by atoms with E-state index in [2.05, 4.69) is 26.1 Å². The first-order valence-corrected chi connectivity index (χ1v) is 6.34. The maximum Gasteiger partial charge on any atom is 0.0584 e. The lowest BCUT2D eigenvalue weighted by atomic mass is 9.54. The molecule has 0 amide bonds. The lowest BCUT2D eigenvalue weighted by Gasteiger charge is -2.50. The van der Waals surface area contributed by atoms with E-state index in [-0.39, 0.29) is 6.61 Å². The maximum atomic E-state index is 9.21. The molecule has 1 aliphatic heterocycles. The number of nitrogens with one attached hydrogen (secondary N) is 1. The van der Waals surface area contributed by atoms with Crippen molar-refractivity contribution in [3.8, 4) is 0 Å². The van der Waals surface area contributed by atoms with Gasteiger partial charge in [0.15, 0.2) is 0 Å². The van der Waals surface area contributed by atoms with Crippen molar-refractivity contribution in [3.05, 3.63) is 0 Å². The van der Waals surface area contributed by atoms with Crippen molar-refractivity contribution in [1.82, 2.24) is 5.32 Å². The van der Waals surface area contributed by atoms with Crippen LogP contribution in [0.4, 0.5) is 0 Å². The van der Waals surface area contributed by atoms with Crippen LogP contribution in [0.1, 0.15) is 46.5 Å². The van der Waals surface area contributed by atoms with Gasteiger partial charge < -0.3 is 10.4 Å². The average Bonchev–Trinajstić information content (AvgIpc) is 2.45. The van der Waals surface area contributed by atoms with Gasteiger partial charge in [0.2, 0.25) is 0 Å².